The van der Waals surface area contributed by atoms with Crippen LogP contribution in [0.5, 0.6) is 0 Å². The molecule has 1 aliphatic rings. The number of amidine groups is 1. The quantitative estimate of drug-likeness (QED) is 0.875. The number of nitrogens with zero attached hydrogens (tertiary/aromatic N) is 1. The smallest absolute Gasteiger partial charge is 0.240 e. The van der Waals surface area contributed by atoms with Crippen LogP contribution in [0.15, 0.2) is 29.3 Å². The molecule has 0 bridgehead atoms. The number of rotatable bonds is 5. The molecule has 0 radical (unpaired) electrons. The molecule has 22 heavy (non-hydrogen) atoms. The molecule has 1 fully saturated rings. The van der Waals surface area contributed by atoms with Crippen LogP contribution < -0.4 is 10.6 Å². The van der Waals surface area contributed by atoms with Crippen LogP contribution >= 0.6 is 11.8 Å². The molecule has 2 amide bonds. The Labute approximate surface area is 132 Å². The summed E-state index contributed by atoms with van der Waals surface area (Å²) in [6, 6.07) is 6.04. The summed E-state index contributed by atoms with van der Waals surface area (Å²) in [6.45, 7) is 3.97. The molecule has 118 valence electrons. The number of carbonyl (C=O) groups is 2. The average Bonchev–Trinajstić information content (AvgIpc) is 2.81. The van der Waals surface area contributed by atoms with Crippen molar-refractivity contribution in [1.29, 1.82) is 0 Å². The van der Waals surface area contributed by atoms with Crippen molar-refractivity contribution in [2.24, 2.45) is 4.99 Å². The Hall–Kier alpha value is -1.89. The normalized spacial score (nSPS) is 20.8. The van der Waals surface area contributed by atoms with E-state index in [2.05, 4.69) is 15.6 Å². The maximum atomic E-state index is 13.5. The number of hydrogen-bond acceptors (Lipinski definition) is 4. The van der Waals surface area contributed by atoms with Gasteiger partial charge in [0, 0.05) is 12.5 Å². The lowest BCUT2D eigenvalue weighted by atomic mass is 10.2. The van der Waals surface area contributed by atoms with Crippen molar-refractivity contribution >= 4 is 34.4 Å². The van der Waals surface area contributed by atoms with Gasteiger partial charge in [-0.05, 0) is 25.5 Å². The van der Waals surface area contributed by atoms with Gasteiger partial charge in [0.15, 0.2) is 5.17 Å². The standard InChI is InChI=1S/C15H18FN3O2S/c1-3-9(2)17-15-19-14(21)12(22-15)8-13(20)18-11-7-5-4-6-10(11)16/h4-7,9,12H,3,8H2,1-2H3,(H,18,20)(H,17,19,21). The second kappa shape index (κ2) is 7.40. The Morgan fingerprint density at radius 3 is 2.91 bits per heavy atom. The number of para-hydroxylation sites is 1. The summed E-state index contributed by atoms with van der Waals surface area (Å²) < 4.78 is 13.5. The third-order valence-electron chi connectivity index (χ3n) is 3.22. The minimum atomic E-state index is -0.533. The highest BCUT2D eigenvalue weighted by Crippen LogP contribution is 2.24. The Balaban J connectivity index is 1.94. The molecule has 0 spiro atoms. The molecule has 0 saturated carbocycles. The number of benzene rings is 1. The Morgan fingerprint density at radius 1 is 1.50 bits per heavy atom. The van der Waals surface area contributed by atoms with Gasteiger partial charge in [0.05, 0.1) is 5.69 Å². The van der Waals surface area contributed by atoms with Crippen LogP contribution in [0.3, 0.4) is 0 Å². The Bertz CT molecular complexity index is 606. The van der Waals surface area contributed by atoms with E-state index < -0.39 is 17.0 Å². The van der Waals surface area contributed by atoms with Crippen molar-refractivity contribution in [2.75, 3.05) is 5.32 Å². The van der Waals surface area contributed by atoms with E-state index in [0.29, 0.717) is 5.17 Å². The topological polar surface area (TPSA) is 70.6 Å². The summed E-state index contributed by atoms with van der Waals surface area (Å²) in [5.74, 6) is -1.14. The maximum absolute atomic E-state index is 13.5. The number of aliphatic imine (C=N–C) groups is 1. The van der Waals surface area contributed by atoms with Crippen molar-refractivity contribution in [2.45, 2.75) is 38.0 Å². The minimum Gasteiger partial charge on any atom is -0.324 e. The summed E-state index contributed by atoms with van der Waals surface area (Å²) in [7, 11) is 0. The molecule has 5 nitrogen and oxygen atoms in total. The van der Waals surface area contributed by atoms with E-state index in [4.69, 9.17) is 0 Å². The van der Waals surface area contributed by atoms with Gasteiger partial charge in [0.1, 0.15) is 11.1 Å². The Morgan fingerprint density at radius 2 is 2.23 bits per heavy atom. The molecule has 7 heteroatoms. The van der Waals surface area contributed by atoms with E-state index in [-0.39, 0.29) is 24.1 Å². The number of carbonyl (C=O) groups excluding carboxylic acids is 2. The molecular weight excluding hydrogens is 305 g/mol. The van der Waals surface area contributed by atoms with Crippen LogP contribution in [0.2, 0.25) is 0 Å². The fourth-order valence-electron chi connectivity index (χ4n) is 1.82. The molecule has 2 rings (SSSR count). The fourth-order valence-corrected chi connectivity index (χ4v) is 2.89. The highest BCUT2D eigenvalue weighted by Gasteiger charge is 2.32. The van der Waals surface area contributed by atoms with Gasteiger partial charge in [-0.3, -0.25) is 14.6 Å². The molecular formula is C15H18FN3O2S. The van der Waals surface area contributed by atoms with Gasteiger partial charge in [-0.1, -0.05) is 30.8 Å². The van der Waals surface area contributed by atoms with Crippen molar-refractivity contribution in [3.8, 4) is 0 Å². The van der Waals surface area contributed by atoms with E-state index in [1.54, 1.807) is 12.1 Å². The van der Waals surface area contributed by atoms with E-state index >= 15 is 0 Å². The number of thioether (sulfide) groups is 1. The fraction of sp³-hybridized carbons (Fsp3) is 0.400. The summed E-state index contributed by atoms with van der Waals surface area (Å²) in [5, 5.41) is 5.16. The van der Waals surface area contributed by atoms with Gasteiger partial charge < -0.3 is 10.6 Å². The second-order valence-electron chi connectivity index (χ2n) is 5.02. The monoisotopic (exact) mass is 323 g/mol. The molecule has 1 heterocycles. The lowest BCUT2D eigenvalue weighted by molar-refractivity contribution is -0.122. The zero-order valence-corrected chi connectivity index (χ0v) is 13.2. The van der Waals surface area contributed by atoms with Crippen LogP contribution in [-0.2, 0) is 9.59 Å². The van der Waals surface area contributed by atoms with Crippen molar-refractivity contribution in [3.05, 3.63) is 30.1 Å². The first kappa shape index (κ1) is 16.5. The first-order chi connectivity index (χ1) is 10.5. The van der Waals surface area contributed by atoms with Crippen molar-refractivity contribution < 1.29 is 14.0 Å². The van der Waals surface area contributed by atoms with E-state index in [1.165, 1.54) is 23.9 Å². The number of amides is 2. The van der Waals surface area contributed by atoms with Gasteiger partial charge in [-0.15, -0.1) is 0 Å². The minimum absolute atomic E-state index is 0.0235. The predicted octanol–water partition coefficient (Wildman–Crippen LogP) is 2.54. The van der Waals surface area contributed by atoms with E-state index in [1.807, 2.05) is 13.8 Å². The van der Waals surface area contributed by atoms with E-state index in [0.717, 1.165) is 6.42 Å². The zero-order valence-electron chi connectivity index (χ0n) is 12.4. The average molecular weight is 323 g/mol. The highest BCUT2D eigenvalue weighted by atomic mass is 32.2. The SMILES string of the molecule is CCC(C)N=C1NC(=O)C(CC(=O)Nc2ccccc2F)S1. The summed E-state index contributed by atoms with van der Waals surface area (Å²) >= 11 is 1.24. The number of hydrogen-bond donors (Lipinski definition) is 2. The van der Waals surface area contributed by atoms with Crippen molar-refractivity contribution in [1.82, 2.24) is 5.32 Å². The number of halogens is 1. The summed E-state index contributed by atoms with van der Waals surface area (Å²) in [4.78, 5) is 28.1. The second-order valence-corrected chi connectivity index (χ2v) is 6.21. The zero-order chi connectivity index (χ0) is 16.1. The van der Waals surface area contributed by atoms with Gasteiger partial charge in [0.25, 0.3) is 0 Å². The van der Waals surface area contributed by atoms with Gasteiger partial charge >= 0.3 is 0 Å². The third kappa shape index (κ3) is 4.30. The molecule has 1 saturated heterocycles. The molecule has 1 aromatic rings. The lowest BCUT2D eigenvalue weighted by Gasteiger charge is -2.08. The molecule has 0 aliphatic carbocycles. The molecule has 2 N–H and O–H groups in total. The maximum Gasteiger partial charge on any atom is 0.240 e. The third-order valence-corrected chi connectivity index (χ3v) is 4.32. The summed E-state index contributed by atoms with van der Waals surface area (Å²) in [6.07, 6.45) is 0.850. The first-order valence-corrected chi connectivity index (χ1v) is 7.97. The number of anilines is 1. The Kier molecular flexibility index (Phi) is 5.54. The molecule has 2 atom stereocenters. The molecule has 2 unspecified atom stereocenters. The largest absolute Gasteiger partial charge is 0.324 e. The number of nitrogens with one attached hydrogen (secondary N) is 2. The van der Waals surface area contributed by atoms with Gasteiger partial charge in [-0.25, -0.2) is 4.39 Å². The molecule has 0 aromatic heterocycles. The summed E-state index contributed by atoms with van der Waals surface area (Å²) in [5.41, 5.74) is 0.115. The predicted molar refractivity (Wildman–Crippen MR) is 86.4 cm³/mol. The first-order valence-electron chi connectivity index (χ1n) is 7.09. The van der Waals surface area contributed by atoms with Crippen LogP contribution in [-0.4, -0.2) is 28.3 Å². The highest BCUT2D eigenvalue weighted by molar-refractivity contribution is 8.15. The van der Waals surface area contributed by atoms with Crippen molar-refractivity contribution in [3.63, 3.8) is 0 Å². The molecule has 1 aliphatic heterocycles. The van der Waals surface area contributed by atoms with E-state index in [9.17, 15) is 14.0 Å². The molecule has 1 aromatic carbocycles. The van der Waals surface area contributed by atoms with Crippen LogP contribution in [0.1, 0.15) is 26.7 Å². The van der Waals surface area contributed by atoms with Crippen LogP contribution in [0.25, 0.3) is 0 Å². The van der Waals surface area contributed by atoms with Gasteiger partial charge in [-0.2, -0.15) is 0 Å². The van der Waals surface area contributed by atoms with Gasteiger partial charge in [0.2, 0.25) is 11.8 Å². The van der Waals surface area contributed by atoms with Crippen LogP contribution in [0, 0.1) is 5.82 Å². The van der Waals surface area contributed by atoms with Crippen LogP contribution in [0.4, 0.5) is 10.1 Å². The lowest BCUT2D eigenvalue weighted by Crippen LogP contribution is -2.28.